The molecule has 0 bridgehead atoms. The molecule has 1 amide bonds. The van der Waals surface area contributed by atoms with Gasteiger partial charge in [0.25, 0.3) is 0 Å². The van der Waals surface area contributed by atoms with E-state index in [1.54, 1.807) is 22.8 Å². The Balaban J connectivity index is 2.49. The number of nitrogens with zero attached hydrogens (tertiary/aromatic N) is 2. The van der Waals surface area contributed by atoms with E-state index in [2.05, 4.69) is 6.58 Å². The van der Waals surface area contributed by atoms with Gasteiger partial charge in [-0.25, -0.2) is 0 Å². The Morgan fingerprint density at radius 2 is 2.25 bits per heavy atom. The minimum absolute atomic E-state index is 0.00583. The normalized spacial score (nSPS) is 18.9. The maximum absolute atomic E-state index is 12.2. The highest BCUT2D eigenvalue weighted by atomic mass is 16.5. The van der Waals surface area contributed by atoms with E-state index in [1.165, 1.54) is 0 Å². The fraction of sp³-hybridized carbons (Fsp3) is 0.714. The van der Waals surface area contributed by atoms with Crippen molar-refractivity contribution in [2.75, 3.05) is 45.9 Å². The Morgan fingerprint density at radius 1 is 1.50 bits per heavy atom. The van der Waals surface area contributed by atoms with Crippen LogP contribution in [0.3, 0.4) is 0 Å². The van der Waals surface area contributed by atoms with Gasteiger partial charge in [0.1, 0.15) is 0 Å². The van der Waals surface area contributed by atoms with Crippen molar-refractivity contribution >= 4 is 11.9 Å². The molecule has 6 heteroatoms. The molecule has 0 aromatic carbocycles. The molecular weight excluding hydrogens is 260 g/mol. The van der Waals surface area contributed by atoms with Crippen molar-refractivity contribution in [2.24, 2.45) is 0 Å². The van der Waals surface area contributed by atoms with Crippen molar-refractivity contribution in [3.05, 3.63) is 12.7 Å². The van der Waals surface area contributed by atoms with Crippen molar-refractivity contribution in [3.63, 3.8) is 0 Å². The highest BCUT2D eigenvalue weighted by Crippen LogP contribution is 2.05. The monoisotopic (exact) mass is 284 g/mol. The lowest BCUT2D eigenvalue weighted by atomic mass is 10.3. The molecule has 1 saturated heterocycles. The van der Waals surface area contributed by atoms with Gasteiger partial charge in [0.2, 0.25) is 5.91 Å². The van der Waals surface area contributed by atoms with E-state index in [4.69, 9.17) is 9.47 Å². The number of carbonyl (C=O) groups is 2. The number of carbonyl (C=O) groups excluding carboxylic acids is 2. The Bertz CT molecular complexity index is 346. The van der Waals surface area contributed by atoms with Crippen LogP contribution in [-0.4, -0.2) is 73.7 Å². The summed E-state index contributed by atoms with van der Waals surface area (Å²) < 4.78 is 10.3. The summed E-state index contributed by atoms with van der Waals surface area (Å²) in [6.07, 6.45) is 1.74. The van der Waals surface area contributed by atoms with Crippen LogP contribution in [0.4, 0.5) is 0 Å². The smallest absolute Gasteiger partial charge is 0.320 e. The van der Waals surface area contributed by atoms with Gasteiger partial charge in [-0.15, -0.1) is 6.58 Å². The average molecular weight is 284 g/mol. The summed E-state index contributed by atoms with van der Waals surface area (Å²) in [4.78, 5) is 27.2. The summed E-state index contributed by atoms with van der Waals surface area (Å²) in [5.41, 5.74) is 0. The van der Waals surface area contributed by atoms with Gasteiger partial charge in [-0.05, 0) is 13.8 Å². The first-order valence-electron chi connectivity index (χ1n) is 6.95. The van der Waals surface area contributed by atoms with Crippen LogP contribution in [0.2, 0.25) is 0 Å². The Labute approximate surface area is 120 Å². The second kappa shape index (κ2) is 8.71. The van der Waals surface area contributed by atoms with Crippen molar-refractivity contribution in [1.82, 2.24) is 9.80 Å². The molecule has 1 fully saturated rings. The zero-order chi connectivity index (χ0) is 15.0. The van der Waals surface area contributed by atoms with E-state index < -0.39 is 0 Å². The molecule has 0 aliphatic carbocycles. The Hall–Kier alpha value is -1.40. The summed E-state index contributed by atoms with van der Waals surface area (Å²) in [6.45, 7) is 10.2. The maximum atomic E-state index is 12.2. The molecule has 0 saturated carbocycles. The molecule has 20 heavy (non-hydrogen) atoms. The first-order chi connectivity index (χ1) is 9.56. The van der Waals surface area contributed by atoms with Crippen molar-refractivity contribution < 1.29 is 19.1 Å². The molecule has 1 heterocycles. The van der Waals surface area contributed by atoms with Gasteiger partial charge in [-0.1, -0.05) is 6.08 Å². The minimum atomic E-state index is -0.322. The zero-order valence-electron chi connectivity index (χ0n) is 12.3. The first-order valence-corrected chi connectivity index (χ1v) is 6.95. The molecule has 0 radical (unpaired) electrons. The molecule has 1 atom stereocenters. The van der Waals surface area contributed by atoms with E-state index in [-0.39, 0.29) is 31.1 Å². The standard InChI is InChI=1S/C14H24N2O4/c1-4-6-15(11-14(18)19-5-2)10-13(17)16-7-8-20-12(3)9-16/h4,12H,1,5-11H2,2-3H3. The Kier molecular flexibility index (Phi) is 7.25. The van der Waals surface area contributed by atoms with Gasteiger partial charge in [-0.2, -0.15) is 0 Å². The largest absolute Gasteiger partial charge is 0.465 e. The second-order valence-corrected chi connectivity index (χ2v) is 4.78. The summed E-state index contributed by atoms with van der Waals surface area (Å²) >= 11 is 0. The SMILES string of the molecule is C=CCN(CC(=O)OCC)CC(=O)N1CCOC(C)C1. The lowest BCUT2D eigenvalue weighted by Gasteiger charge is -2.32. The van der Waals surface area contributed by atoms with Gasteiger partial charge >= 0.3 is 5.97 Å². The van der Waals surface area contributed by atoms with Crippen molar-refractivity contribution in [3.8, 4) is 0 Å². The van der Waals surface area contributed by atoms with E-state index in [0.717, 1.165) is 0 Å². The summed E-state index contributed by atoms with van der Waals surface area (Å²) in [6, 6.07) is 0. The third-order valence-electron chi connectivity index (χ3n) is 3.00. The van der Waals surface area contributed by atoms with Crippen LogP contribution < -0.4 is 0 Å². The summed E-state index contributed by atoms with van der Waals surface area (Å²) in [5, 5.41) is 0. The van der Waals surface area contributed by atoms with Crippen LogP contribution in [0.25, 0.3) is 0 Å². The second-order valence-electron chi connectivity index (χ2n) is 4.78. The fourth-order valence-corrected chi connectivity index (χ4v) is 2.09. The van der Waals surface area contributed by atoms with Crippen LogP contribution in [0.5, 0.6) is 0 Å². The molecular formula is C14H24N2O4. The molecule has 0 aromatic heterocycles. The number of hydrogen-bond donors (Lipinski definition) is 0. The molecule has 1 aliphatic rings. The predicted molar refractivity (Wildman–Crippen MR) is 75.3 cm³/mol. The zero-order valence-corrected chi connectivity index (χ0v) is 12.3. The quantitative estimate of drug-likeness (QED) is 0.496. The summed E-state index contributed by atoms with van der Waals surface area (Å²) in [7, 11) is 0. The summed E-state index contributed by atoms with van der Waals surface area (Å²) in [5.74, 6) is -0.316. The third kappa shape index (κ3) is 5.71. The van der Waals surface area contributed by atoms with E-state index in [1.807, 2.05) is 6.92 Å². The van der Waals surface area contributed by atoms with Crippen molar-refractivity contribution in [1.29, 1.82) is 0 Å². The lowest BCUT2D eigenvalue weighted by molar-refractivity contribution is -0.146. The average Bonchev–Trinajstić information content (AvgIpc) is 2.39. The van der Waals surface area contributed by atoms with Gasteiger partial charge in [0.15, 0.2) is 0 Å². The number of ether oxygens (including phenoxy) is 2. The number of esters is 1. The van der Waals surface area contributed by atoms with E-state index >= 15 is 0 Å². The van der Waals surface area contributed by atoms with E-state index in [9.17, 15) is 9.59 Å². The third-order valence-corrected chi connectivity index (χ3v) is 3.00. The highest BCUT2D eigenvalue weighted by Gasteiger charge is 2.23. The molecule has 6 nitrogen and oxygen atoms in total. The lowest BCUT2D eigenvalue weighted by Crippen LogP contribution is -2.49. The first kappa shape index (κ1) is 16.7. The molecule has 1 rings (SSSR count). The molecule has 114 valence electrons. The van der Waals surface area contributed by atoms with Crippen molar-refractivity contribution in [2.45, 2.75) is 20.0 Å². The van der Waals surface area contributed by atoms with Gasteiger partial charge in [0, 0.05) is 19.6 Å². The molecule has 0 spiro atoms. The highest BCUT2D eigenvalue weighted by molar-refractivity contribution is 5.79. The van der Waals surface area contributed by atoms with Crippen LogP contribution >= 0.6 is 0 Å². The minimum Gasteiger partial charge on any atom is -0.465 e. The van der Waals surface area contributed by atoms with Gasteiger partial charge in [0.05, 0.1) is 32.4 Å². The van der Waals surface area contributed by atoms with E-state index in [0.29, 0.717) is 32.8 Å². The van der Waals surface area contributed by atoms with Gasteiger partial charge < -0.3 is 14.4 Å². The maximum Gasteiger partial charge on any atom is 0.320 e. The topological polar surface area (TPSA) is 59.1 Å². The molecule has 0 N–H and O–H groups in total. The van der Waals surface area contributed by atoms with Crippen LogP contribution in [-0.2, 0) is 19.1 Å². The molecule has 0 aromatic rings. The number of amides is 1. The van der Waals surface area contributed by atoms with Gasteiger partial charge in [-0.3, -0.25) is 14.5 Å². The van der Waals surface area contributed by atoms with Crippen LogP contribution in [0, 0.1) is 0 Å². The fourth-order valence-electron chi connectivity index (χ4n) is 2.09. The molecule has 1 aliphatic heterocycles. The van der Waals surface area contributed by atoms with Crippen LogP contribution in [0.15, 0.2) is 12.7 Å². The number of rotatable bonds is 7. The number of morpholine rings is 1. The van der Waals surface area contributed by atoms with Crippen LogP contribution in [0.1, 0.15) is 13.8 Å². The predicted octanol–water partition coefficient (Wildman–Crippen LogP) is 0.285. The number of hydrogen-bond acceptors (Lipinski definition) is 5. The molecule has 1 unspecified atom stereocenters. The Morgan fingerprint density at radius 3 is 2.85 bits per heavy atom.